The number of hydrogen-bond donors (Lipinski definition) is 3. The van der Waals surface area contributed by atoms with E-state index in [1.54, 1.807) is 0 Å². The Morgan fingerprint density at radius 2 is 0.653 bits per heavy atom. The van der Waals surface area contributed by atoms with E-state index in [4.69, 9.17) is 4.74 Å². The van der Waals surface area contributed by atoms with Crippen molar-refractivity contribution in [2.24, 2.45) is 0 Å². The van der Waals surface area contributed by atoms with Gasteiger partial charge in [-0.2, -0.15) is 0 Å². The largest absolute Gasteiger partial charge is 0.466 e. The first-order chi connectivity index (χ1) is 35.5. The zero-order chi connectivity index (χ0) is 52.2. The molecule has 3 N–H and O–H groups in total. The van der Waals surface area contributed by atoms with Crippen molar-refractivity contribution >= 4 is 11.9 Å². The van der Waals surface area contributed by atoms with Gasteiger partial charge in [-0.25, -0.2) is 0 Å². The topological polar surface area (TPSA) is 95.9 Å². The van der Waals surface area contributed by atoms with E-state index in [1.165, 1.54) is 295 Å². The molecule has 0 saturated heterocycles. The minimum absolute atomic E-state index is 0.000955. The Morgan fingerprint density at radius 3 is 1.00 bits per heavy atom. The predicted octanol–water partition coefficient (Wildman–Crippen LogP) is 20.8. The second-order valence-corrected chi connectivity index (χ2v) is 22.8. The molecule has 0 aliphatic rings. The Labute approximate surface area is 450 Å². The lowest BCUT2D eigenvalue weighted by atomic mass is 10.0. The molecule has 0 rings (SSSR count). The number of allylic oxidation sites excluding steroid dienone is 2. The summed E-state index contributed by atoms with van der Waals surface area (Å²) in [7, 11) is 0. The van der Waals surface area contributed by atoms with Crippen LogP contribution in [-0.4, -0.2) is 47.4 Å². The molecule has 1 amide bonds. The lowest BCUT2D eigenvalue weighted by Crippen LogP contribution is -2.45. The van der Waals surface area contributed by atoms with Gasteiger partial charge in [0, 0.05) is 12.8 Å². The third-order valence-corrected chi connectivity index (χ3v) is 15.6. The van der Waals surface area contributed by atoms with Crippen LogP contribution in [-0.2, 0) is 14.3 Å². The van der Waals surface area contributed by atoms with Crippen molar-refractivity contribution in [1.29, 1.82) is 0 Å². The molecular formula is C66H129NO5. The van der Waals surface area contributed by atoms with Crippen molar-refractivity contribution in [3.8, 4) is 0 Å². The molecule has 6 nitrogen and oxygen atoms in total. The Morgan fingerprint density at radius 1 is 0.375 bits per heavy atom. The van der Waals surface area contributed by atoms with E-state index in [2.05, 4.69) is 31.3 Å². The number of rotatable bonds is 62. The van der Waals surface area contributed by atoms with Gasteiger partial charge in [0.15, 0.2) is 0 Å². The first-order valence-corrected chi connectivity index (χ1v) is 32.9. The minimum atomic E-state index is -0.667. The Hall–Kier alpha value is -1.40. The molecule has 0 aliphatic heterocycles. The molecule has 0 bridgehead atoms. The number of hydrogen-bond acceptors (Lipinski definition) is 5. The van der Waals surface area contributed by atoms with E-state index < -0.39 is 12.1 Å². The first-order valence-electron chi connectivity index (χ1n) is 32.9. The summed E-state index contributed by atoms with van der Waals surface area (Å²) in [6.45, 7) is 4.96. The molecule has 0 radical (unpaired) electrons. The van der Waals surface area contributed by atoms with Gasteiger partial charge in [0.05, 0.1) is 25.4 Å². The van der Waals surface area contributed by atoms with Crippen LogP contribution in [0.5, 0.6) is 0 Å². The molecule has 0 saturated carbocycles. The van der Waals surface area contributed by atoms with Crippen LogP contribution in [0, 0.1) is 0 Å². The highest BCUT2D eigenvalue weighted by atomic mass is 16.5. The van der Waals surface area contributed by atoms with Crippen LogP contribution in [0.2, 0.25) is 0 Å². The highest BCUT2D eigenvalue weighted by Crippen LogP contribution is 2.19. The predicted molar refractivity (Wildman–Crippen MR) is 315 cm³/mol. The van der Waals surface area contributed by atoms with E-state index in [0.717, 1.165) is 44.9 Å². The van der Waals surface area contributed by atoms with Crippen LogP contribution in [0.3, 0.4) is 0 Å². The van der Waals surface area contributed by atoms with Crippen LogP contribution >= 0.6 is 0 Å². The second kappa shape index (κ2) is 62.1. The van der Waals surface area contributed by atoms with E-state index in [1.807, 2.05) is 0 Å². The van der Waals surface area contributed by atoms with E-state index >= 15 is 0 Å². The molecule has 2 unspecified atom stereocenters. The number of amides is 1. The summed E-state index contributed by atoms with van der Waals surface area (Å²) in [6, 6.07) is -0.544. The first kappa shape index (κ1) is 70.6. The van der Waals surface area contributed by atoms with Crippen molar-refractivity contribution in [2.75, 3.05) is 13.2 Å². The molecule has 0 aromatic rings. The molecule has 0 heterocycles. The summed E-state index contributed by atoms with van der Waals surface area (Å²) < 4.78 is 5.47. The molecule has 6 heteroatoms. The zero-order valence-corrected chi connectivity index (χ0v) is 48.9. The second-order valence-electron chi connectivity index (χ2n) is 22.8. The van der Waals surface area contributed by atoms with Crippen LogP contribution < -0.4 is 5.32 Å². The lowest BCUT2D eigenvalue weighted by Gasteiger charge is -2.22. The van der Waals surface area contributed by atoms with Gasteiger partial charge in [-0.3, -0.25) is 9.59 Å². The van der Waals surface area contributed by atoms with Gasteiger partial charge in [-0.15, -0.1) is 0 Å². The number of unbranched alkanes of at least 4 members (excludes halogenated alkanes) is 49. The van der Waals surface area contributed by atoms with Crippen molar-refractivity contribution < 1.29 is 24.5 Å². The number of aliphatic hydroxyl groups is 2. The highest BCUT2D eigenvalue weighted by molar-refractivity contribution is 5.76. The standard InChI is InChI=1S/C66H129NO5/c1-3-5-7-9-11-13-15-17-18-19-20-21-22-23-25-28-31-35-38-42-46-50-54-58-64(69)63(62-68)67-65(70)59-55-51-47-43-39-36-32-29-26-24-27-30-33-37-41-45-49-53-57-61-72-66(71)60-56-52-48-44-40-34-16-14-12-10-8-6-4-2/h14,16,63-64,68-69H,3-13,15,17-62H2,1-2H3,(H,67,70)/b16-14-. The summed E-state index contributed by atoms with van der Waals surface area (Å²) >= 11 is 0. The molecule has 0 spiro atoms. The van der Waals surface area contributed by atoms with Crippen molar-refractivity contribution in [3.05, 3.63) is 12.2 Å². The van der Waals surface area contributed by atoms with Crippen LogP contribution in [0.25, 0.3) is 0 Å². The van der Waals surface area contributed by atoms with Gasteiger partial charge in [-0.05, 0) is 51.4 Å². The highest BCUT2D eigenvalue weighted by Gasteiger charge is 2.20. The molecule has 0 aliphatic carbocycles. The molecule has 428 valence electrons. The lowest BCUT2D eigenvalue weighted by molar-refractivity contribution is -0.143. The van der Waals surface area contributed by atoms with Crippen LogP contribution in [0.1, 0.15) is 373 Å². The Balaban J connectivity index is 3.40. The maximum atomic E-state index is 12.5. The Kier molecular flexibility index (Phi) is 60.9. The van der Waals surface area contributed by atoms with Gasteiger partial charge in [0.2, 0.25) is 5.91 Å². The van der Waals surface area contributed by atoms with E-state index in [-0.39, 0.29) is 18.5 Å². The molecule has 2 atom stereocenters. The molecule has 0 aromatic carbocycles. The average molecular weight is 1020 g/mol. The quantitative estimate of drug-likeness (QED) is 0.0320. The third kappa shape index (κ3) is 57.9. The van der Waals surface area contributed by atoms with Gasteiger partial charge in [-0.1, -0.05) is 321 Å². The molecule has 0 aromatic heterocycles. The number of nitrogens with one attached hydrogen (secondary N) is 1. The SMILES string of the molecule is CCCCCC/C=C\CCCCCCCC(=O)OCCCCCCCCCCCCCCCCCCCCCC(=O)NC(CO)C(O)CCCCCCCCCCCCCCCCCCCCCCCCC. The summed E-state index contributed by atoms with van der Waals surface area (Å²) in [4.78, 5) is 24.6. The van der Waals surface area contributed by atoms with Gasteiger partial charge in [0.25, 0.3) is 0 Å². The maximum Gasteiger partial charge on any atom is 0.305 e. The normalized spacial score (nSPS) is 12.6. The molecular weight excluding hydrogens is 887 g/mol. The third-order valence-electron chi connectivity index (χ3n) is 15.6. The Bertz CT molecular complexity index is 1080. The number of ether oxygens (including phenoxy) is 1. The van der Waals surface area contributed by atoms with Crippen LogP contribution in [0.15, 0.2) is 12.2 Å². The van der Waals surface area contributed by atoms with Gasteiger partial charge >= 0.3 is 5.97 Å². The summed E-state index contributed by atoms with van der Waals surface area (Å²) in [5.41, 5.74) is 0. The van der Waals surface area contributed by atoms with Crippen molar-refractivity contribution in [3.63, 3.8) is 0 Å². The summed E-state index contributed by atoms with van der Waals surface area (Å²) in [5, 5.41) is 23.4. The maximum absolute atomic E-state index is 12.5. The van der Waals surface area contributed by atoms with E-state index in [0.29, 0.717) is 25.9 Å². The number of carbonyl (C=O) groups is 2. The fourth-order valence-electron chi connectivity index (χ4n) is 10.5. The van der Waals surface area contributed by atoms with E-state index in [9.17, 15) is 19.8 Å². The minimum Gasteiger partial charge on any atom is -0.466 e. The number of aliphatic hydroxyl groups excluding tert-OH is 2. The fourth-order valence-corrected chi connectivity index (χ4v) is 10.5. The summed E-state index contributed by atoms with van der Waals surface area (Å²) in [6.07, 6.45) is 75.2. The fraction of sp³-hybridized carbons (Fsp3) is 0.939. The number of carbonyl (C=O) groups excluding carboxylic acids is 2. The van der Waals surface area contributed by atoms with Gasteiger partial charge < -0.3 is 20.3 Å². The van der Waals surface area contributed by atoms with Crippen molar-refractivity contribution in [2.45, 2.75) is 386 Å². The zero-order valence-electron chi connectivity index (χ0n) is 48.9. The average Bonchev–Trinajstić information content (AvgIpc) is 3.38. The van der Waals surface area contributed by atoms with Gasteiger partial charge in [0.1, 0.15) is 0 Å². The monoisotopic (exact) mass is 1020 g/mol. The number of esters is 1. The molecule has 0 fully saturated rings. The smallest absolute Gasteiger partial charge is 0.305 e. The summed E-state index contributed by atoms with van der Waals surface area (Å²) in [5.74, 6) is -0.0324. The van der Waals surface area contributed by atoms with Crippen molar-refractivity contribution in [1.82, 2.24) is 5.32 Å². The molecule has 72 heavy (non-hydrogen) atoms. The van der Waals surface area contributed by atoms with Crippen LogP contribution in [0.4, 0.5) is 0 Å².